The molecular weight excluding hydrogens is 594 g/mol. The minimum absolute atomic E-state index is 0. The number of amides is 1. The molecular formula is C33H38N4Na2O6. The van der Waals surface area contributed by atoms with Gasteiger partial charge in [0.25, 0.3) is 0 Å². The molecule has 2 aromatic rings. The number of fused-ring (bicyclic) bond motifs is 1. The standard InChI is InChI=1S/C33H40N4O6.2Na/c1-7-18-14(3)22(12-25-19(8-2)16(5)32(41)36-25)34-24(18)13-23-17(6)28-26(38)11-21(31(28)35-23)30-20(9-10-27(39)40)15(4)29(37-30)33(42)43;;/h8,15,20,25,29,34-35,37H,2,7,9-13H2,1,3-6H3,(H,36,41)(H,39,40)(H,42,43);;/q;2*+1/p-2/b30-21+;;/t15-,20?,25?,29?;;/m0../s1. The minimum Gasteiger partial charge on any atom is -0.550 e. The summed E-state index contributed by atoms with van der Waals surface area (Å²) in [6, 6.07) is -1.14. The van der Waals surface area contributed by atoms with Gasteiger partial charge >= 0.3 is 59.1 Å². The van der Waals surface area contributed by atoms with E-state index in [-0.39, 0.29) is 96.1 Å². The first-order chi connectivity index (χ1) is 20.4. The summed E-state index contributed by atoms with van der Waals surface area (Å²) >= 11 is 0. The van der Waals surface area contributed by atoms with Gasteiger partial charge in [-0.25, -0.2) is 0 Å². The van der Waals surface area contributed by atoms with Gasteiger partial charge in [0.05, 0.1) is 23.7 Å². The van der Waals surface area contributed by atoms with E-state index in [1.54, 1.807) is 19.9 Å². The smallest absolute Gasteiger partial charge is 0.550 e. The third kappa shape index (κ3) is 6.73. The van der Waals surface area contributed by atoms with Crippen LogP contribution < -0.4 is 80.0 Å². The number of aliphatic carboxylic acids is 2. The third-order valence-electron chi connectivity index (χ3n) is 9.71. The Bertz CT molecular complexity index is 1630. The SMILES string of the molecule is C=CC1=C(C)C(=O)NC1Cc1[nH]c(Cc2[nH]c3c(c2C)C(=O)C/C3=C2\NC(C(=O)[O-])[C@@H](C)C2CCC(=O)[O-])c(CC)c1C.[Na+].[Na+]. The monoisotopic (exact) mass is 632 g/mol. The van der Waals surface area contributed by atoms with Crippen LogP contribution in [0.3, 0.4) is 0 Å². The van der Waals surface area contributed by atoms with Crippen molar-refractivity contribution in [3.8, 4) is 0 Å². The maximum atomic E-state index is 13.3. The van der Waals surface area contributed by atoms with Crippen molar-refractivity contribution in [2.45, 2.75) is 85.2 Å². The summed E-state index contributed by atoms with van der Waals surface area (Å²) in [6.45, 7) is 13.5. The molecule has 0 saturated carbocycles. The Balaban J connectivity index is 0.00000276. The van der Waals surface area contributed by atoms with Gasteiger partial charge < -0.3 is 40.4 Å². The van der Waals surface area contributed by atoms with Crippen molar-refractivity contribution in [2.75, 3.05) is 0 Å². The Morgan fingerprint density at radius 2 is 1.69 bits per heavy atom. The molecule has 0 bridgehead atoms. The van der Waals surface area contributed by atoms with E-state index < -0.39 is 29.8 Å². The van der Waals surface area contributed by atoms with Crippen LogP contribution in [0, 0.1) is 25.7 Å². The number of hydrogen-bond acceptors (Lipinski definition) is 7. The van der Waals surface area contributed by atoms with Crippen LogP contribution in [0.25, 0.3) is 5.57 Å². The molecule has 2 aliphatic heterocycles. The number of Topliss-reactive ketones (excluding diaryl/α,β-unsaturated/α-hetero) is 1. The quantitative estimate of drug-likeness (QED) is 0.191. The van der Waals surface area contributed by atoms with Gasteiger partial charge in [-0.3, -0.25) is 9.59 Å². The molecule has 4 heterocycles. The first-order valence-corrected chi connectivity index (χ1v) is 14.9. The van der Waals surface area contributed by atoms with Crippen LogP contribution in [0.5, 0.6) is 0 Å². The van der Waals surface area contributed by atoms with Crippen molar-refractivity contribution in [1.82, 2.24) is 20.6 Å². The number of carbonyl (C=O) groups excluding carboxylic acids is 4. The molecule has 0 aromatic carbocycles. The van der Waals surface area contributed by atoms with Crippen molar-refractivity contribution in [3.63, 3.8) is 0 Å². The maximum absolute atomic E-state index is 13.3. The van der Waals surface area contributed by atoms with Crippen LogP contribution in [0.15, 0.2) is 29.5 Å². The summed E-state index contributed by atoms with van der Waals surface area (Å²) in [5.74, 6) is -3.41. The normalized spacial score (nSPS) is 23.8. The number of rotatable bonds is 10. The summed E-state index contributed by atoms with van der Waals surface area (Å²) in [7, 11) is 0. The number of ketones is 1. The first-order valence-electron chi connectivity index (χ1n) is 14.9. The number of aromatic amines is 2. The molecule has 0 spiro atoms. The number of allylic oxidation sites excluding steroid dienone is 2. The molecule has 10 nitrogen and oxygen atoms in total. The molecule has 3 unspecified atom stereocenters. The number of nitrogens with one attached hydrogen (secondary N) is 4. The Labute approximate surface area is 307 Å². The Kier molecular flexibility index (Phi) is 12.1. The van der Waals surface area contributed by atoms with Gasteiger partial charge in [0.1, 0.15) is 0 Å². The van der Waals surface area contributed by atoms with E-state index in [0.717, 1.165) is 40.2 Å². The predicted molar refractivity (Wildman–Crippen MR) is 156 cm³/mol. The number of carbonyl (C=O) groups is 4. The summed E-state index contributed by atoms with van der Waals surface area (Å²) in [4.78, 5) is 55.8. The number of carboxylic acids is 2. The van der Waals surface area contributed by atoms with Crippen molar-refractivity contribution in [2.24, 2.45) is 11.8 Å². The van der Waals surface area contributed by atoms with Gasteiger partial charge in [-0.1, -0.05) is 26.5 Å². The van der Waals surface area contributed by atoms with Crippen LogP contribution in [0.2, 0.25) is 0 Å². The van der Waals surface area contributed by atoms with Crippen molar-refractivity contribution in [1.29, 1.82) is 0 Å². The molecule has 3 aliphatic rings. The molecule has 12 heteroatoms. The van der Waals surface area contributed by atoms with Crippen LogP contribution in [0.1, 0.15) is 89.9 Å². The number of H-pyrrole nitrogens is 2. The average molecular weight is 633 g/mol. The van der Waals surface area contributed by atoms with Crippen LogP contribution in [-0.4, -0.2) is 45.7 Å². The van der Waals surface area contributed by atoms with E-state index in [1.165, 1.54) is 5.56 Å². The molecule has 1 fully saturated rings. The molecule has 45 heavy (non-hydrogen) atoms. The molecule has 4 atom stereocenters. The Morgan fingerprint density at radius 3 is 2.29 bits per heavy atom. The van der Waals surface area contributed by atoms with E-state index in [2.05, 4.69) is 41.0 Å². The van der Waals surface area contributed by atoms with Crippen molar-refractivity contribution < 1.29 is 88.5 Å². The molecule has 0 radical (unpaired) electrons. The molecule has 2 aromatic heterocycles. The van der Waals surface area contributed by atoms with Gasteiger partial charge in [0.2, 0.25) is 5.91 Å². The van der Waals surface area contributed by atoms with E-state index in [1.807, 2.05) is 6.92 Å². The fraction of sp³-hybridized carbons (Fsp3) is 0.455. The van der Waals surface area contributed by atoms with Crippen LogP contribution in [-0.2, 0) is 33.6 Å². The molecule has 1 aliphatic carbocycles. The van der Waals surface area contributed by atoms with Crippen LogP contribution in [0.4, 0.5) is 0 Å². The maximum Gasteiger partial charge on any atom is 1.00 e. The van der Waals surface area contributed by atoms with E-state index in [4.69, 9.17) is 0 Å². The van der Waals surface area contributed by atoms with E-state index in [0.29, 0.717) is 40.9 Å². The summed E-state index contributed by atoms with van der Waals surface area (Å²) < 4.78 is 0. The minimum atomic E-state index is -1.26. The van der Waals surface area contributed by atoms with Crippen LogP contribution >= 0.6 is 0 Å². The largest absolute Gasteiger partial charge is 1.00 e. The average Bonchev–Trinajstić information content (AvgIpc) is 3.69. The predicted octanol–water partition coefficient (Wildman–Crippen LogP) is -4.53. The van der Waals surface area contributed by atoms with Crippen molar-refractivity contribution >= 4 is 29.2 Å². The Morgan fingerprint density at radius 1 is 1.00 bits per heavy atom. The zero-order valence-corrected chi connectivity index (χ0v) is 31.3. The Hall–Kier alpha value is -2.34. The fourth-order valence-electron chi connectivity index (χ4n) is 7.30. The zero-order valence-electron chi connectivity index (χ0n) is 27.3. The molecule has 1 amide bonds. The van der Waals surface area contributed by atoms with E-state index in [9.17, 15) is 29.4 Å². The zero-order chi connectivity index (χ0) is 31.3. The number of carboxylic acid groups (broad SMARTS) is 2. The number of aromatic nitrogens is 2. The molecule has 228 valence electrons. The molecule has 4 N–H and O–H groups in total. The molecule has 5 rings (SSSR count). The summed E-state index contributed by atoms with van der Waals surface area (Å²) in [5, 5.41) is 29.2. The number of hydrogen-bond donors (Lipinski definition) is 4. The van der Waals surface area contributed by atoms with Gasteiger partial charge in [-0.15, -0.1) is 0 Å². The topological polar surface area (TPSA) is 170 Å². The fourth-order valence-corrected chi connectivity index (χ4v) is 7.30. The third-order valence-corrected chi connectivity index (χ3v) is 9.71. The van der Waals surface area contributed by atoms with Gasteiger partial charge in [0, 0.05) is 70.6 Å². The second kappa shape index (κ2) is 14.6. The summed E-state index contributed by atoms with van der Waals surface area (Å²) in [6.07, 6.45) is 3.76. The van der Waals surface area contributed by atoms with Gasteiger partial charge in [-0.05, 0) is 68.2 Å². The van der Waals surface area contributed by atoms with Gasteiger partial charge in [-0.2, -0.15) is 0 Å². The summed E-state index contributed by atoms with van der Waals surface area (Å²) in [5.41, 5.74) is 10.2. The molecule has 1 saturated heterocycles. The second-order valence-electron chi connectivity index (χ2n) is 12.0. The van der Waals surface area contributed by atoms with Crippen molar-refractivity contribution in [3.05, 3.63) is 74.5 Å². The first kappa shape index (κ1) is 37.1. The van der Waals surface area contributed by atoms with E-state index >= 15 is 0 Å². The van der Waals surface area contributed by atoms with Gasteiger partial charge in [0.15, 0.2) is 5.78 Å². The second-order valence-corrected chi connectivity index (χ2v) is 12.0.